The average Bonchev–Trinajstić information content (AvgIpc) is 3.66. The van der Waals surface area contributed by atoms with Gasteiger partial charge in [-0.25, -0.2) is 8.42 Å². The zero-order chi connectivity index (χ0) is 21.3. The fraction of sp³-hybridized carbons (Fsp3) is 0.550. The lowest BCUT2D eigenvalue weighted by atomic mass is 10.3. The Kier molecular flexibility index (Phi) is 6.17. The van der Waals surface area contributed by atoms with E-state index in [2.05, 4.69) is 20.1 Å². The number of nitrogens with zero attached hydrogens (tertiary/aromatic N) is 4. The first kappa shape index (κ1) is 21.3. The summed E-state index contributed by atoms with van der Waals surface area (Å²) in [6.07, 6.45) is 4.66. The minimum atomic E-state index is -3.50. The van der Waals surface area contributed by atoms with E-state index in [1.165, 1.54) is 41.0 Å². The second-order valence-corrected chi connectivity index (χ2v) is 10.5. The molecule has 8 nitrogen and oxygen atoms in total. The normalized spacial score (nSPS) is 16.8. The molecule has 1 aromatic heterocycles. The highest BCUT2D eigenvalue weighted by molar-refractivity contribution is 7.99. The van der Waals surface area contributed by atoms with E-state index < -0.39 is 10.0 Å². The molecular weight excluding hydrogens is 422 g/mol. The Morgan fingerprint density at radius 2 is 1.80 bits per heavy atom. The maximum atomic E-state index is 12.6. The van der Waals surface area contributed by atoms with Crippen LogP contribution in [0.5, 0.6) is 0 Å². The lowest BCUT2D eigenvalue weighted by Crippen LogP contribution is -2.30. The van der Waals surface area contributed by atoms with Crippen LogP contribution in [0.1, 0.15) is 57.3 Å². The van der Waals surface area contributed by atoms with Crippen molar-refractivity contribution in [1.82, 2.24) is 19.1 Å². The van der Waals surface area contributed by atoms with Crippen LogP contribution in [-0.2, 0) is 14.8 Å². The number of thioether (sulfide) groups is 1. The number of hydrogen-bond acceptors (Lipinski definition) is 6. The molecule has 2 aliphatic carbocycles. The van der Waals surface area contributed by atoms with Gasteiger partial charge in [0.2, 0.25) is 15.9 Å². The number of anilines is 1. The quantitative estimate of drug-likeness (QED) is 0.559. The Balaban J connectivity index is 1.36. The number of carbonyl (C=O) groups excluding carboxylic acids is 1. The summed E-state index contributed by atoms with van der Waals surface area (Å²) in [5, 5.41) is 12.3. The molecule has 2 fully saturated rings. The summed E-state index contributed by atoms with van der Waals surface area (Å²) in [5.41, 5.74) is 0.571. The van der Waals surface area contributed by atoms with E-state index >= 15 is 0 Å². The number of aromatic nitrogens is 3. The molecule has 1 amide bonds. The third-order valence-corrected chi connectivity index (χ3v) is 8.37. The minimum absolute atomic E-state index is 0.155. The van der Waals surface area contributed by atoms with Gasteiger partial charge in [0.05, 0.1) is 10.6 Å². The van der Waals surface area contributed by atoms with Crippen molar-refractivity contribution in [2.45, 2.75) is 61.5 Å². The van der Waals surface area contributed by atoms with Crippen LogP contribution >= 0.6 is 11.8 Å². The van der Waals surface area contributed by atoms with Gasteiger partial charge in [0.25, 0.3) is 0 Å². The molecule has 1 heterocycles. The van der Waals surface area contributed by atoms with E-state index in [-0.39, 0.29) is 16.6 Å². The SMILES string of the molecule is CCN(CC)S(=O)(=O)c1ccc(NC(=O)CSc2nnc(C3CC3)n2C2CC2)cc1. The Labute approximate surface area is 181 Å². The molecule has 0 atom stereocenters. The van der Waals surface area contributed by atoms with Crippen LogP contribution in [0, 0.1) is 0 Å². The second-order valence-electron chi connectivity index (χ2n) is 7.67. The third kappa shape index (κ3) is 4.55. The molecule has 162 valence electrons. The number of amides is 1. The maximum Gasteiger partial charge on any atom is 0.243 e. The lowest BCUT2D eigenvalue weighted by molar-refractivity contribution is -0.113. The predicted octanol–water partition coefficient (Wildman–Crippen LogP) is 3.25. The van der Waals surface area contributed by atoms with Gasteiger partial charge in [-0.3, -0.25) is 4.79 Å². The molecule has 2 aromatic rings. The van der Waals surface area contributed by atoms with Gasteiger partial charge in [-0.2, -0.15) is 4.31 Å². The number of nitrogens with one attached hydrogen (secondary N) is 1. The molecule has 1 aromatic carbocycles. The van der Waals surface area contributed by atoms with Gasteiger partial charge in [0, 0.05) is 30.7 Å². The average molecular weight is 450 g/mol. The molecule has 0 saturated heterocycles. The predicted molar refractivity (Wildman–Crippen MR) is 116 cm³/mol. The summed E-state index contributed by atoms with van der Waals surface area (Å²) >= 11 is 1.40. The highest BCUT2D eigenvalue weighted by Gasteiger charge is 2.36. The zero-order valence-electron chi connectivity index (χ0n) is 17.2. The molecule has 0 bridgehead atoms. The second kappa shape index (κ2) is 8.68. The monoisotopic (exact) mass is 449 g/mol. The van der Waals surface area contributed by atoms with Crippen LogP contribution in [0.3, 0.4) is 0 Å². The summed E-state index contributed by atoms with van der Waals surface area (Å²) in [5.74, 6) is 1.69. The van der Waals surface area contributed by atoms with E-state index in [9.17, 15) is 13.2 Å². The smallest absolute Gasteiger partial charge is 0.243 e. The number of sulfonamides is 1. The van der Waals surface area contributed by atoms with Crippen molar-refractivity contribution in [2.75, 3.05) is 24.2 Å². The molecule has 4 rings (SSSR count). The highest BCUT2D eigenvalue weighted by atomic mass is 32.2. The van der Waals surface area contributed by atoms with Crippen molar-refractivity contribution >= 4 is 33.4 Å². The molecule has 0 radical (unpaired) electrons. The Morgan fingerprint density at radius 1 is 1.13 bits per heavy atom. The van der Waals surface area contributed by atoms with E-state index in [0.717, 1.165) is 23.8 Å². The fourth-order valence-electron chi connectivity index (χ4n) is 3.43. The lowest BCUT2D eigenvalue weighted by Gasteiger charge is -2.18. The van der Waals surface area contributed by atoms with Crippen molar-refractivity contribution in [3.63, 3.8) is 0 Å². The van der Waals surface area contributed by atoms with Gasteiger partial charge in [0.15, 0.2) is 5.16 Å². The van der Waals surface area contributed by atoms with Gasteiger partial charge in [-0.05, 0) is 49.9 Å². The molecule has 30 heavy (non-hydrogen) atoms. The van der Waals surface area contributed by atoms with Gasteiger partial charge in [0.1, 0.15) is 5.82 Å². The van der Waals surface area contributed by atoms with Crippen LogP contribution in [0.15, 0.2) is 34.3 Å². The first-order valence-corrected chi connectivity index (χ1v) is 12.8. The molecule has 10 heteroatoms. The number of benzene rings is 1. The van der Waals surface area contributed by atoms with Gasteiger partial charge in [-0.1, -0.05) is 25.6 Å². The first-order chi connectivity index (χ1) is 14.4. The van der Waals surface area contributed by atoms with Crippen LogP contribution in [-0.4, -0.2) is 52.2 Å². The van der Waals surface area contributed by atoms with Crippen molar-refractivity contribution < 1.29 is 13.2 Å². The minimum Gasteiger partial charge on any atom is -0.325 e. The summed E-state index contributed by atoms with van der Waals surface area (Å²) in [6, 6.07) is 6.79. The summed E-state index contributed by atoms with van der Waals surface area (Å²) < 4.78 is 28.7. The maximum absolute atomic E-state index is 12.6. The largest absolute Gasteiger partial charge is 0.325 e. The molecule has 0 aliphatic heterocycles. The van der Waals surface area contributed by atoms with E-state index in [0.29, 0.717) is 30.7 Å². The van der Waals surface area contributed by atoms with Crippen molar-refractivity contribution in [3.8, 4) is 0 Å². The Morgan fingerprint density at radius 3 is 2.37 bits per heavy atom. The van der Waals surface area contributed by atoms with Crippen LogP contribution in [0.25, 0.3) is 0 Å². The topological polar surface area (TPSA) is 97.2 Å². The van der Waals surface area contributed by atoms with Crippen LogP contribution in [0.2, 0.25) is 0 Å². The van der Waals surface area contributed by atoms with Crippen molar-refractivity contribution in [1.29, 1.82) is 0 Å². The molecule has 2 saturated carbocycles. The summed E-state index contributed by atoms with van der Waals surface area (Å²) in [7, 11) is -3.50. The number of carbonyl (C=O) groups is 1. The summed E-state index contributed by atoms with van der Waals surface area (Å²) in [6.45, 7) is 4.46. The van der Waals surface area contributed by atoms with E-state index in [1.54, 1.807) is 12.1 Å². The molecule has 0 spiro atoms. The highest BCUT2D eigenvalue weighted by Crippen LogP contribution is 2.45. The first-order valence-electron chi connectivity index (χ1n) is 10.4. The summed E-state index contributed by atoms with van der Waals surface area (Å²) in [4.78, 5) is 12.6. The standard InChI is InChI=1S/C20H27N5O3S2/c1-3-24(4-2)30(27,28)17-11-7-15(8-12-17)21-18(26)13-29-20-23-22-19(14-5-6-14)25(20)16-9-10-16/h7-8,11-12,14,16H,3-6,9-10,13H2,1-2H3,(H,21,26). The number of hydrogen-bond donors (Lipinski definition) is 1. The molecule has 0 unspecified atom stereocenters. The number of rotatable bonds is 10. The van der Waals surface area contributed by atoms with E-state index in [1.807, 2.05) is 13.8 Å². The molecule has 2 aliphatic rings. The zero-order valence-corrected chi connectivity index (χ0v) is 18.9. The van der Waals surface area contributed by atoms with Gasteiger partial charge >= 0.3 is 0 Å². The Bertz CT molecular complexity index is 1010. The Hall–Kier alpha value is -1.91. The van der Waals surface area contributed by atoms with Crippen molar-refractivity contribution in [3.05, 3.63) is 30.1 Å². The fourth-order valence-corrected chi connectivity index (χ4v) is 5.70. The van der Waals surface area contributed by atoms with Gasteiger partial charge < -0.3 is 9.88 Å². The van der Waals surface area contributed by atoms with E-state index in [4.69, 9.17) is 0 Å². The van der Waals surface area contributed by atoms with Crippen LogP contribution < -0.4 is 5.32 Å². The van der Waals surface area contributed by atoms with Crippen molar-refractivity contribution in [2.24, 2.45) is 0 Å². The van der Waals surface area contributed by atoms with Crippen LogP contribution in [0.4, 0.5) is 5.69 Å². The third-order valence-electron chi connectivity index (χ3n) is 5.36. The van der Waals surface area contributed by atoms with Gasteiger partial charge in [-0.15, -0.1) is 10.2 Å². The molecule has 1 N–H and O–H groups in total. The molecular formula is C20H27N5O3S2.